The fourth-order valence-corrected chi connectivity index (χ4v) is 2.40. The molecule has 0 fully saturated rings. The van der Waals surface area contributed by atoms with Crippen LogP contribution in [0.2, 0.25) is 10.0 Å². The van der Waals surface area contributed by atoms with Crippen LogP contribution in [-0.2, 0) is 11.2 Å². The highest BCUT2D eigenvalue weighted by atomic mass is 35.5. The molecule has 0 aromatic heterocycles. The first-order valence-electron chi connectivity index (χ1n) is 5.81. The molecule has 1 aromatic rings. The van der Waals surface area contributed by atoms with Crippen LogP contribution >= 0.6 is 23.2 Å². The van der Waals surface area contributed by atoms with Crippen LogP contribution < -0.4 is 0 Å². The average molecular weight is 269 g/mol. The Morgan fingerprint density at radius 3 is 2.59 bits per heavy atom. The van der Waals surface area contributed by atoms with Crippen LogP contribution in [0.4, 0.5) is 0 Å². The fourth-order valence-electron chi connectivity index (χ4n) is 2.07. The lowest BCUT2D eigenvalue weighted by Gasteiger charge is -2.06. The van der Waals surface area contributed by atoms with Gasteiger partial charge in [-0.3, -0.25) is 4.79 Å². The molecule has 0 atom stereocenters. The topological polar surface area (TPSA) is 17.1 Å². The Labute approximate surface area is 111 Å². The van der Waals surface area contributed by atoms with E-state index in [-0.39, 0.29) is 5.78 Å². The minimum Gasteiger partial charge on any atom is -0.295 e. The van der Waals surface area contributed by atoms with Crippen molar-refractivity contribution >= 4 is 29.0 Å². The smallest absolute Gasteiger partial charge is 0.155 e. The number of rotatable bonds is 2. The number of allylic oxidation sites excluding steroid dienone is 2. The van der Waals surface area contributed by atoms with Gasteiger partial charge in [-0.05, 0) is 49.5 Å². The van der Waals surface area contributed by atoms with Crippen LogP contribution in [0, 0.1) is 0 Å². The van der Waals surface area contributed by atoms with Crippen LogP contribution in [-0.4, -0.2) is 5.78 Å². The van der Waals surface area contributed by atoms with Crippen molar-refractivity contribution in [1.82, 2.24) is 0 Å². The van der Waals surface area contributed by atoms with E-state index in [0.29, 0.717) is 16.5 Å². The van der Waals surface area contributed by atoms with Crippen molar-refractivity contribution in [1.29, 1.82) is 0 Å². The van der Waals surface area contributed by atoms with Gasteiger partial charge in [-0.2, -0.15) is 0 Å². The Kier molecular flexibility index (Phi) is 4.25. The zero-order valence-electron chi connectivity index (χ0n) is 9.51. The quantitative estimate of drug-likeness (QED) is 0.766. The summed E-state index contributed by atoms with van der Waals surface area (Å²) < 4.78 is 0. The number of halogens is 2. The molecule has 0 bridgehead atoms. The lowest BCUT2D eigenvalue weighted by atomic mass is 10.0. The van der Waals surface area contributed by atoms with Gasteiger partial charge in [0.1, 0.15) is 0 Å². The summed E-state index contributed by atoms with van der Waals surface area (Å²) in [7, 11) is 0. The van der Waals surface area contributed by atoms with E-state index in [1.807, 2.05) is 12.1 Å². The molecule has 1 nitrogen and oxygen atoms in total. The number of hydrogen-bond donors (Lipinski definition) is 0. The van der Waals surface area contributed by atoms with E-state index >= 15 is 0 Å². The molecule has 1 aliphatic carbocycles. The largest absolute Gasteiger partial charge is 0.295 e. The Bertz CT molecular complexity index is 463. The molecule has 0 radical (unpaired) electrons. The van der Waals surface area contributed by atoms with Crippen LogP contribution in [0.3, 0.4) is 0 Å². The minimum absolute atomic E-state index is 0.248. The van der Waals surface area contributed by atoms with E-state index in [4.69, 9.17) is 23.2 Å². The summed E-state index contributed by atoms with van der Waals surface area (Å²) in [6, 6.07) is 5.64. The summed E-state index contributed by atoms with van der Waals surface area (Å²) in [6.07, 6.45) is 6.38. The molecule has 3 heteroatoms. The van der Waals surface area contributed by atoms with E-state index in [1.54, 1.807) is 12.1 Å². The zero-order valence-corrected chi connectivity index (χ0v) is 11.0. The normalized spacial score (nSPS) is 16.6. The molecule has 1 aliphatic rings. The maximum Gasteiger partial charge on any atom is 0.155 e. The highest BCUT2D eigenvalue weighted by Crippen LogP contribution is 2.25. The third kappa shape index (κ3) is 3.58. The summed E-state index contributed by atoms with van der Waals surface area (Å²) in [6.45, 7) is 0. The summed E-state index contributed by atoms with van der Waals surface area (Å²) in [5, 5.41) is 1.14. The van der Waals surface area contributed by atoms with Gasteiger partial charge in [0, 0.05) is 6.42 Å². The molecular formula is C14H14Cl2O. The van der Waals surface area contributed by atoms with Gasteiger partial charge < -0.3 is 0 Å². The van der Waals surface area contributed by atoms with Gasteiger partial charge in [0.25, 0.3) is 0 Å². The molecule has 0 saturated heterocycles. The lowest BCUT2D eigenvalue weighted by molar-refractivity contribution is -0.114. The fraction of sp³-hybridized carbons (Fsp3) is 0.357. The molecule has 1 aromatic carbocycles. The van der Waals surface area contributed by atoms with E-state index < -0.39 is 0 Å². The molecule has 17 heavy (non-hydrogen) atoms. The molecule has 2 rings (SSSR count). The van der Waals surface area contributed by atoms with E-state index in [1.165, 1.54) is 5.57 Å². The first-order valence-corrected chi connectivity index (χ1v) is 6.57. The van der Waals surface area contributed by atoms with Gasteiger partial charge >= 0.3 is 0 Å². The summed E-state index contributed by atoms with van der Waals surface area (Å²) >= 11 is 11.8. The minimum atomic E-state index is 0.248. The summed E-state index contributed by atoms with van der Waals surface area (Å²) in [5.74, 6) is 0.248. The Balaban J connectivity index is 2.14. The first-order chi connectivity index (χ1) is 8.15. The number of ketones is 1. The Morgan fingerprint density at radius 1 is 1.06 bits per heavy atom. The third-order valence-electron chi connectivity index (χ3n) is 2.95. The van der Waals surface area contributed by atoms with Crippen molar-refractivity contribution in [2.75, 3.05) is 0 Å². The molecule has 90 valence electrons. The zero-order chi connectivity index (χ0) is 12.3. The monoisotopic (exact) mass is 268 g/mol. The second-order valence-electron chi connectivity index (χ2n) is 4.40. The second kappa shape index (κ2) is 5.70. The first kappa shape index (κ1) is 12.7. The number of carbonyl (C=O) groups excluding carboxylic acids is 1. The van der Waals surface area contributed by atoms with Gasteiger partial charge in [0.2, 0.25) is 0 Å². The highest BCUT2D eigenvalue weighted by molar-refractivity contribution is 6.42. The van der Waals surface area contributed by atoms with Gasteiger partial charge in [0.05, 0.1) is 10.0 Å². The molecule has 0 amide bonds. The maximum atomic E-state index is 11.5. The maximum absolute atomic E-state index is 11.5. The van der Waals surface area contributed by atoms with Gasteiger partial charge in [-0.1, -0.05) is 34.8 Å². The van der Waals surface area contributed by atoms with E-state index in [9.17, 15) is 4.79 Å². The molecule has 0 N–H and O–H groups in total. The lowest BCUT2D eigenvalue weighted by Crippen LogP contribution is -1.94. The van der Waals surface area contributed by atoms with Crippen LogP contribution in [0.1, 0.15) is 31.2 Å². The summed E-state index contributed by atoms with van der Waals surface area (Å²) in [5.41, 5.74) is 2.31. The molecule has 0 unspecified atom stereocenters. The van der Waals surface area contributed by atoms with Crippen molar-refractivity contribution in [3.05, 3.63) is 45.5 Å². The van der Waals surface area contributed by atoms with Crippen LogP contribution in [0.15, 0.2) is 29.8 Å². The SMILES string of the molecule is O=C1C=C(Cc2ccc(Cl)c(Cl)c2)CCCC1. The van der Waals surface area contributed by atoms with Gasteiger partial charge in [-0.25, -0.2) is 0 Å². The number of carbonyl (C=O) groups is 1. The molecule has 0 heterocycles. The molecular weight excluding hydrogens is 255 g/mol. The van der Waals surface area contributed by atoms with E-state index in [0.717, 1.165) is 31.2 Å². The highest BCUT2D eigenvalue weighted by Gasteiger charge is 2.09. The summed E-state index contributed by atoms with van der Waals surface area (Å²) in [4.78, 5) is 11.5. The molecule has 0 aliphatic heterocycles. The van der Waals surface area contributed by atoms with Crippen molar-refractivity contribution in [3.8, 4) is 0 Å². The van der Waals surface area contributed by atoms with Crippen molar-refractivity contribution in [2.24, 2.45) is 0 Å². The number of hydrogen-bond acceptors (Lipinski definition) is 1. The predicted octanol–water partition coefficient (Wildman–Crippen LogP) is 4.61. The third-order valence-corrected chi connectivity index (χ3v) is 3.69. The van der Waals surface area contributed by atoms with E-state index in [2.05, 4.69) is 0 Å². The predicted molar refractivity (Wildman–Crippen MR) is 71.7 cm³/mol. The Hall–Kier alpha value is -0.790. The van der Waals surface area contributed by atoms with Crippen molar-refractivity contribution < 1.29 is 4.79 Å². The van der Waals surface area contributed by atoms with Gasteiger partial charge in [-0.15, -0.1) is 0 Å². The van der Waals surface area contributed by atoms with Crippen LogP contribution in [0.25, 0.3) is 0 Å². The standard InChI is InChI=1S/C14H14Cl2O/c15-13-6-5-11(9-14(13)16)7-10-3-1-2-4-12(17)8-10/h5-6,8-9H,1-4,7H2. The Morgan fingerprint density at radius 2 is 1.82 bits per heavy atom. The van der Waals surface area contributed by atoms with Crippen LogP contribution in [0.5, 0.6) is 0 Å². The average Bonchev–Trinajstić information content (AvgIpc) is 2.48. The molecule has 0 saturated carbocycles. The van der Waals surface area contributed by atoms with Gasteiger partial charge in [0.15, 0.2) is 5.78 Å². The molecule has 0 spiro atoms. The van der Waals surface area contributed by atoms with Crippen molar-refractivity contribution in [3.63, 3.8) is 0 Å². The van der Waals surface area contributed by atoms with Crippen molar-refractivity contribution in [2.45, 2.75) is 32.1 Å². The second-order valence-corrected chi connectivity index (χ2v) is 5.22. The number of benzene rings is 1.